The highest BCUT2D eigenvalue weighted by atomic mass is 35.5. The molecule has 0 aliphatic rings. The first kappa shape index (κ1) is 21.2. The van der Waals surface area contributed by atoms with Crippen molar-refractivity contribution in [3.8, 4) is 5.69 Å². The van der Waals surface area contributed by atoms with E-state index in [1.807, 2.05) is 127 Å². The van der Waals surface area contributed by atoms with Crippen LogP contribution < -0.4 is 10.5 Å². The first-order valence-corrected chi connectivity index (χ1v) is 11.8. The number of halogens is 1. The van der Waals surface area contributed by atoms with Gasteiger partial charge in [-0.2, -0.15) is 0 Å². The molecule has 3 nitrogen and oxygen atoms in total. The standard InChI is InChI=1S/C31H21ClN2O/c32-30-28(33(22-12-3-1-4-13-22)23-14-5-2-6-15-23)20-11-21-29(30)34-27-19-10-9-17-25(27)24-16-7-8-18-26(24)31(34)35/h1-21H. The van der Waals surface area contributed by atoms with Crippen LogP contribution in [0.15, 0.2) is 132 Å². The molecule has 0 atom stereocenters. The van der Waals surface area contributed by atoms with Crippen molar-refractivity contribution in [3.63, 3.8) is 0 Å². The van der Waals surface area contributed by atoms with Crippen LogP contribution in [0.4, 0.5) is 17.1 Å². The van der Waals surface area contributed by atoms with Crippen LogP contribution in [-0.4, -0.2) is 4.57 Å². The van der Waals surface area contributed by atoms with Gasteiger partial charge < -0.3 is 4.90 Å². The molecule has 1 aromatic heterocycles. The van der Waals surface area contributed by atoms with E-state index >= 15 is 0 Å². The number of para-hydroxylation sites is 3. The van der Waals surface area contributed by atoms with Gasteiger partial charge in [0, 0.05) is 22.1 Å². The molecule has 35 heavy (non-hydrogen) atoms. The minimum Gasteiger partial charge on any atom is -0.309 e. The number of rotatable bonds is 4. The summed E-state index contributed by atoms with van der Waals surface area (Å²) in [5.74, 6) is 0. The number of pyridine rings is 1. The molecule has 6 rings (SSSR count). The van der Waals surface area contributed by atoms with Crippen LogP contribution in [-0.2, 0) is 0 Å². The summed E-state index contributed by atoms with van der Waals surface area (Å²) in [5, 5.41) is 3.11. The van der Waals surface area contributed by atoms with E-state index in [-0.39, 0.29) is 5.56 Å². The highest BCUT2D eigenvalue weighted by Crippen LogP contribution is 2.41. The van der Waals surface area contributed by atoms with E-state index < -0.39 is 0 Å². The molecule has 168 valence electrons. The van der Waals surface area contributed by atoms with E-state index in [0.717, 1.165) is 33.4 Å². The normalized spacial score (nSPS) is 11.1. The summed E-state index contributed by atoms with van der Waals surface area (Å²) < 4.78 is 1.73. The van der Waals surface area contributed by atoms with E-state index in [4.69, 9.17) is 11.6 Å². The molecular weight excluding hydrogens is 452 g/mol. The summed E-state index contributed by atoms with van der Waals surface area (Å²) in [4.78, 5) is 15.9. The zero-order valence-corrected chi connectivity index (χ0v) is 19.6. The largest absolute Gasteiger partial charge is 0.309 e. The Hall–Kier alpha value is -4.34. The molecule has 6 aromatic rings. The third-order valence-electron chi connectivity index (χ3n) is 6.26. The Morgan fingerprint density at radius 1 is 0.543 bits per heavy atom. The highest BCUT2D eigenvalue weighted by Gasteiger charge is 2.20. The molecule has 4 heteroatoms. The van der Waals surface area contributed by atoms with Gasteiger partial charge in [-0.1, -0.05) is 90.5 Å². The Balaban J connectivity index is 1.66. The summed E-state index contributed by atoms with van der Waals surface area (Å²) in [5.41, 5.74) is 4.13. The number of fused-ring (bicyclic) bond motifs is 3. The summed E-state index contributed by atoms with van der Waals surface area (Å²) in [6.07, 6.45) is 0. The molecule has 1 heterocycles. The van der Waals surface area contributed by atoms with Crippen molar-refractivity contribution in [2.75, 3.05) is 4.90 Å². The summed E-state index contributed by atoms with van der Waals surface area (Å²) in [7, 11) is 0. The van der Waals surface area contributed by atoms with Gasteiger partial charge >= 0.3 is 0 Å². The van der Waals surface area contributed by atoms with Crippen molar-refractivity contribution in [2.24, 2.45) is 0 Å². The second-order valence-corrected chi connectivity index (χ2v) is 8.70. The molecular formula is C31H21ClN2O. The van der Waals surface area contributed by atoms with E-state index in [1.54, 1.807) is 4.57 Å². The molecule has 0 fully saturated rings. The second-order valence-electron chi connectivity index (χ2n) is 8.32. The van der Waals surface area contributed by atoms with Gasteiger partial charge in [0.2, 0.25) is 0 Å². The van der Waals surface area contributed by atoms with Gasteiger partial charge in [0.1, 0.15) is 0 Å². The average molecular weight is 473 g/mol. The van der Waals surface area contributed by atoms with E-state index in [9.17, 15) is 4.79 Å². The number of aromatic nitrogens is 1. The van der Waals surface area contributed by atoms with Crippen LogP contribution >= 0.6 is 11.6 Å². The maximum atomic E-state index is 13.8. The Morgan fingerprint density at radius 3 is 1.74 bits per heavy atom. The molecule has 0 saturated heterocycles. The number of hydrogen-bond acceptors (Lipinski definition) is 2. The van der Waals surface area contributed by atoms with Crippen molar-refractivity contribution < 1.29 is 0 Å². The molecule has 0 radical (unpaired) electrons. The second kappa shape index (κ2) is 8.79. The fourth-order valence-corrected chi connectivity index (χ4v) is 5.00. The molecule has 0 bridgehead atoms. The minimum atomic E-state index is -0.0932. The Kier molecular flexibility index (Phi) is 5.32. The van der Waals surface area contributed by atoms with Crippen molar-refractivity contribution in [3.05, 3.63) is 143 Å². The fourth-order valence-electron chi connectivity index (χ4n) is 4.70. The molecule has 0 saturated carbocycles. The lowest BCUT2D eigenvalue weighted by Crippen LogP contribution is -2.20. The molecule has 0 amide bonds. The lowest BCUT2D eigenvalue weighted by atomic mass is 10.1. The van der Waals surface area contributed by atoms with Gasteiger partial charge in [-0.25, -0.2) is 0 Å². The number of benzene rings is 5. The summed E-state index contributed by atoms with van der Waals surface area (Å²) in [6.45, 7) is 0. The summed E-state index contributed by atoms with van der Waals surface area (Å²) in [6, 6.07) is 41.7. The quantitative estimate of drug-likeness (QED) is 0.241. The molecule has 0 unspecified atom stereocenters. The number of nitrogens with zero attached hydrogens (tertiary/aromatic N) is 2. The predicted molar refractivity (Wildman–Crippen MR) is 147 cm³/mol. The maximum Gasteiger partial charge on any atom is 0.263 e. The maximum absolute atomic E-state index is 13.8. The van der Waals surface area contributed by atoms with Gasteiger partial charge in [0.15, 0.2) is 0 Å². The molecule has 0 N–H and O–H groups in total. The van der Waals surface area contributed by atoms with Crippen LogP contribution in [0.3, 0.4) is 0 Å². The van der Waals surface area contributed by atoms with Crippen LogP contribution in [0.1, 0.15) is 0 Å². The van der Waals surface area contributed by atoms with E-state index in [1.165, 1.54) is 0 Å². The van der Waals surface area contributed by atoms with Gasteiger partial charge in [0.25, 0.3) is 5.56 Å². The summed E-state index contributed by atoms with van der Waals surface area (Å²) >= 11 is 7.16. The molecule has 0 spiro atoms. The highest BCUT2D eigenvalue weighted by molar-refractivity contribution is 6.35. The monoisotopic (exact) mass is 472 g/mol. The van der Waals surface area contributed by atoms with Crippen molar-refractivity contribution in [2.45, 2.75) is 0 Å². The SMILES string of the molecule is O=c1c2ccccc2c2ccccc2n1-c1cccc(N(c2ccccc2)c2ccccc2)c1Cl. The Labute approximate surface area is 208 Å². The van der Waals surface area contributed by atoms with E-state index in [2.05, 4.69) is 4.90 Å². The van der Waals surface area contributed by atoms with Gasteiger partial charge in [-0.3, -0.25) is 9.36 Å². The van der Waals surface area contributed by atoms with Gasteiger partial charge in [-0.05, 0) is 53.9 Å². The zero-order valence-electron chi connectivity index (χ0n) is 18.8. The smallest absolute Gasteiger partial charge is 0.263 e. The Morgan fingerprint density at radius 2 is 1.09 bits per heavy atom. The average Bonchev–Trinajstić information content (AvgIpc) is 2.92. The lowest BCUT2D eigenvalue weighted by molar-refractivity contribution is 1.06. The fraction of sp³-hybridized carbons (Fsp3) is 0. The van der Waals surface area contributed by atoms with Gasteiger partial charge in [0.05, 0.1) is 21.9 Å². The zero-order chi connectivity index (χ0) is 23.8. The molecule has 0 aliphatic carbocycles. The lowest BCUT2D eigenvalue weighted by Gasteiger charge is -2.27. The van der Waals surface area contributed by atoms with E-state index in [0.29, 0.717) is 16.1 Å². The van der Waals surface area contributed by atoms with Crippen LogP contribution in [0.5, 0.6) is 0 Å². The van der Waals surface area contributed by atoms with Crippen LogP contribution in [0, 0.1) is 0 Å². The minimum absolute atomic E-state index is 0.0932. The van der Waals surface area contributed by atoms with Crippen molar-refractivity contribution in [1.82, 2.24) is 4.57 Å². The molecule has 5 aromatic carbocycles. The van der Waals surface area contributed by atoms with Gasteiger partial charge in [-0.15, -0.1) is 0 Å². The first-order valence-electron chi connectivity index (χ1n) is 11.5. The Bertz CT molecular complexity index is 1690. The topological polar surface area (TPSA) is 25.2 Å². The van der Waals surface area contributed by atoms with Crippen LogP contribution in [0.25, 0.3) is 27.4 Å². The number of hydrogen-bond donors (Lipinski definition) is 0. The third-order valence-corrected chi connectivity index (χ3v) is 6.65. The van der Waals surface area contributed by atoms with Crippen LogP contribution in [0.2, 0.25) is 5.02 Å². The molecule has 0 aliphatic heterocycles. The third kappa shape index (κ3) is 3.58. The first-order chi connectivity index (χ1) is 17.2. The van der Waals surface area contributed by atoms with Crippen molar-refractivity contribution in [1.29, 1.82) is 0 Å². The predicted octanol–water partition coefficient (Wildman–Crippen LogP) is 8.27. The van der Waals surface area contributed by atoms with Crippen molar-refractivity contribution >= 4 is 50.3 Å². The number of anilines is 3.